The number of para-hydroxylation sites is 1. The fraction of sp³-hybridized carbons (Fsp3) is 0.304. The second-order valence-corrected chi connectivity index (χ2v) is 9.11. The highest BCUT2D eigenvalue weighted by molar-refractivity contribution is 7.20. The third-order valence-electron chi connectivity index (χ3n) is 6.24. The van der Waals surface area contributed by atoms with E-state index >= 15 is 0 Å². The van der Waals surface area contributed by atoms with Gasteiger partial charge in [0.15, 0.2) is 0 Å². The van der Waals surface area contributed by atoms with Crippen LogP contribution in [0.5, 0.6) is 10.9 Å². The lowest BCUT2D eigenvalue weighted by molar-refractivity contribution is -0.131. The van der Waals surface area contributed by atoms with Crippen molar-refractivity contribution in [1.82, 2.24) is 14.8 Å². The Labute approximate surface area is 177 Å². The number of hydrogen-bond acceptors (Lipinski definition) is 6. The number of fused-ring (bicyclic) bond motifs is 4. The molecule has 152 valence electrons. The molecule has 4 aromatic rings. The number of aromatic nitrogens is 1. The van der Waals surface area contributed by atoms with Gasteiger partial charge in [0.2, 0.25) is 5.91 Å². The van der Waals surface area contributed by atoms with Gasteiger partial charge in [-0.15, -0.1) is 0 Å². The number of ether oxygens (including phenoxy) is 1. The molecule has 0 radical (unpaired) electrons. The minimum Gasteiger partial charge on any atom is -0.464 e. The number of furan rings is 1. The van der Waals surface area contributed by atoms with E-state index in [0.717, 1.165) is 53.0 Å². The number of piperazine rings is 1. The minimum atomic E-state index is 0.191. The molecule has 1 amide bonds. The van der Waals surface area contributed by atoms with Gasteiger partial charge in [-0.1, -0.05) is 23.5 Å². The molecule has 0 N–H and O–H groups in total. The molecule has 0 aliphatic carbocycles. The Balaban J connectivity index is 1.20. The molecule has 4 heterocycles. The molecule has 0 saturated carbocycles. The maximum atomic E-state index is 11.7. The van der Waals surface area contributed by atoms with Gasteiger partial charge in [0.1, 0.15) is 11.3 Å². The monoisotopic (exact) mass is 419 g/mol. The number of carbonyl (C=O) groups is 1. The fourth-order valence-electron chi connectivity index (χ4n) is 4.79. The summed E-state index contributed by atoms with van der Waals surface area (Å²) in [7, 11) is 0. The maximum absolute atomic E-state index is 11.7. The lowest BCUT2D eigenvalue weighted by Crippen LogP contribution is -2.47. The highest BCUT2D eigenvalue weighted by Crippen LogP contribution is 2.36. The third-order valence-corrected chi connectivity index (χ3v) is 7.15. The van der Waals surface area contributed by atoms with Crippen LogP contribution in [0, 0.1) is 0 Å². The second-order valence-electron chi connectivity index (χ2n) is 8.11. The second kappa shape index (κ2) is 6.82. The quantitative estimate of drug-likeness (QED) is 0.482. The maximum Gasteiger partial charge on any atom is 0.279 e. The summed E-state index contributed by atoms with van der Waals surface area (Å²) >= 11 is 1.53. The van der Waals surface area contributed by atoms with E-state index in [4.69, 9.17) is 9.15 Å². The van der Waals surface area contributed by atoms with Crippen molar-refractivity contribution < 1.29 is 13.9 Å². The predicted octanol–water partition coefficient (Wildman–Crippen LogP) is 4.64. The number of thiazole rings is 1. The highest BCUT2D eigenvalue weighted by Gasteiger charge is 2.44. The van der Waals surface area contributed by atoms with E-state index in [2.05, 4.69) is 16.0 Å². The zero-order valence-corrected chi connectivity index (χ0v) is 17.4. The molecule has 2 fully saturated rings. The van der Waals surface area contributed by atoms with Gasteiger partial charge in [-0.05, 0) is 30.7 Å². The van der Waals surface area contributed by atoms with Gasteiger partial charge in [0, 0.05) is 55.7 Å². The van der Waals surface area contributed by atoms with Crippen LogP contribution >= 0.6 is 11.3 Å². The lowest BCUT2D eigenvalue weighted by atomic mass is 10.1. The van der Waals surface area contributed by atoms with E-state index in [0.29, 0.717) is 17.3 Å². The van der Waals surface area contributed by atoms with Gasteiger partial charge in [0.25, 0.3) is 5.19 Å². The summed E-state index contributed by atoms with van der Waals surface area (Å²) in [4.78, 5) is 20.7. The van der Waals surface area contributed by atoms with Gasteiger partial charge >= 0.3 is 0 Å². The van der Waals surface area contributed by atoms with E-state index in [9.17, 15) is 4.79 Å². The molecule has 0 spiro atoms. The lowest BCUT2D eigenvalue weighted by Gasteiger charge is -2.33. The molecule has 2 aliphatic heterocycles. The zero-order chi connectivity index (χ0) is 20.2. The summed E-state index contributed by atoms with van der Waals surface area (Å²) in [5.41, 5.74) is 2.94. The first kappa shape index (κ1) is 17.9. The SMILES string of the molecule is CC(=O)N1C[C@@H]2C[C@H]1CN2Cc1coc2cc(Oc3nc4ccccc4s3)ccc12. The highest BCUT2D eigenvalue weighted by atomic mass is 32.1. The van der Waals surface area contributed by atoms with Crippen molar-refractivity contribution in [1.29, 1.82) is 0 Å². The van der Waals surface area contributed by atoms with E-state index in [1.165, 1.54) is 16.9 Å². The van der Waals surface area contributed by atoms with Crippen molar-refractivity contribution in [2.45, 2.75) is 32.0 Å². The molecule has 6 nitrogen and oxygen atoms in total. The molecule has 2 saturated heterocycles. The van der Waals surface area contributed by atoms with E-state index in [1.54, 1.807) is 6.92 Å². The number of rotatable bonds is 4. The molecule has 2 bridgehead atoms. The Morgan fingerprint density at radius 1 is 1.23 bits per heavy atom. The summed E-state index contributed by atoms with van der Waals surface area (Å²) in [5, 5.41) is 1.74. The molecule has 0 unspecified atom stereocenters. The molecule has 30 heavy (non-hydrogen) atoms. The Morgan fingerprint density at radius 3 is 2.93 bits per heavy atom. The fourth-order valence-corrected chi connectivity index (χ4v) is 5.63. The van der Waals surface area contributed by atoms with Crippen LogP contribution in [0.3, 0.4) is 0 Å². The van der Waals surface area contributed by atoms with Crippen molar-refractivity contribution in [3.63, 3.8) is 0 Å². The number of hydrogen-bond donors (Lipinski definition) is 0. The first-order valence-corrected chi connectivity index (χ1v) is 11.0. The van der Waals surface area contributed by atoms with E-state index in [-0.39, 0.29) is 5.91 Å². The van der Waals surface area contributed by atoms with Gasteiger partial charge in [-0.2, -0.15) is 0 Å². The third kappa shape index (κ3) is 2.97. The van der Waals surface area contributed by atoms with Crippen molar-refractivity contribution in [2.24, 2.45) is 0 Å². The van der Waals surface area contributed by atoms with Crippen molar-refractivity contribution in [2.75, 3.05) is 13.1 Å². The van der Waals surface area contributed by atoms with Crippen molar-refractivity contribution >= 4 is 38.4 Å². The Morgan fingerprint density at radius 2 is 2.13 bits per heavy atom. The molecular weight excluding hydrogens is 398 g/mol. The normalized spacial score (nSPS) is 21.2. The summed E-state index contributed by atoms with van der Waals surface area (Å²) in [6, 6.07) is 14.8. The van der Waals surface area contributed by atoms with Crippen LogP contribution in [0.1, 0.15) is 18.9 Å². The first-order chi connectivity index (χ1) is 14.6. The van der Waals surface area contributed by atoms with Crippen LogP contribution in [0.25, 0.3) is 21.2 Å². The predicted molar refractivity (Wildman–Crippen MR) is 116 cm³/mol. The number of amides is 1. The van der Waals surface area contributed by atoms with E-state index < -0.39 is 0 Å². The average Bonchev–Trinajstić information content (AvgIpc) is 3.50. The average molecular weight is 420 g/mol. The Kier molecular flexibility index (Phi) is 4.07. The van der Waals surface area contributed by atoms with Crippen molar-refractivity contribution in [3.8, 4) is 10.9 Å². The number of benzene rings is 2. The van der Waals surface area contributed by atoms with Crippen LogP contribution in [-0.4, -0.2) is 45.9 Å². The van der Waals surface area contributed by atoms with E-state index in [1.807, 2.05) is 47.6 Å². The van der Waals surface area contributed by atoms with Crippen LogP contribution in [-0.2, 0) is 11.3 Å². The van der Waals surface area contributed by atoms with Gasteiger partial charge in [0.05, 0.1) is 16.5 Å². The summed E-state index contributed by atoms with van der Waals surface area (Å²) < 4.78 is 12.9. The molecule has 2 atom stereocenters. The minimum absolute atomic E-state index is 0.191. The van der Waals surface area contributed by atoms with Crippen LogP contribution < -0.4 is 4.74 Å². The smallest absolute Gasteiger partial charge is 0.279 e. The van der Waals surface area contributed by atoms with Gasteiger partial charge in [-0.25, -0.2) is 4.98 Å². The standard InChI is InChI=1S/C23H21N3O3S/c1-14(27)26-12-16-8-17(26)11-25(16)10-15-13-28-21-9-18(6-7-19(15)21)29-23-24-20-4-2-3-5-22(20)30-23/h2-7,9,13,16-17H,8,10-12H2,1H3/t16-,17-/m0/s1. The number of nitrogens with zero attached hydrogens (tertiary/aromatic N) is 3. The van der Waals surface area contributed by atoms with Crippen LogP contribution in [0.2, 0.25) is 0 Å². The molecular formula is C23H21N3O3S. The molecule has 2 aliphatic rings. The molecule has 2 aromatic carbocycles. The largest absolute Gasteiger partial charge is 0.464 e. The van der Waals surface area contributed by atoms with Crippen LogP contribution in [0.15, 0.2) is 53.1 Å². The van der Waals surface area contributed by atoms with Gasteiger partial charge < -0.3 is 14.1 Å². The van der Waals surface area contributed by atoms with Crippen molar-refractivity contribution in [3.05, 3.63) is 54.3 Å². The molecule has 2 aromatic heterocycles. The van der Waals surface area contributed by atoms with Gasteiger partial charge in [-0.3, -0.25) is 9.69 Å². The topological polar surface area (TPSA) is 58.8 Å². The Hall–Kier alpha value is -2.90. The number of likely N-dealkylation sites (tertiary alicyclic amines) is 2. The summed E-state index contributed by atoms with van der Waals surface area (Å²) in [6.45, 7) is 4.30. The first-order valence-electron chi connectivity index (χ1n) is 10.2. The summed E-state index contributed by atoms with van der Waals surface area (Å²) in [5.74, 6) is 0.913. The Bertz CT molecular complexity index is 1230. The molecule has 7 heteroatoms. The molecule has 6 rings (SSSR count). The zero-order valence-electron chi connectivity index (χ0n) is 16.6. The van der Waals surface area contributed by atoms with Crippen LogP contribution in [0.4, 0.5) is 0 Å². The summed E-state index contributed by atoms with van der Waals surface area (Å²) in [6.07, 6.45) is 2.93. The number of carbonyl (C=O) groups excluding carboxylic acids is 1.